The fourth-order valence-electron chi connectivity index (χ4n) is 2.48. The molecule has 0 spiro atoms. The first-order valence-electron chi connectivity index (χ1n) is 8.43. The van der Waals surface area contributed by atoms with Gasteiger partial charge in [-0.05, 0) is 55.5 Å². The largest absolute Gasteiger partial charge is 0.454 e. The summed E-state index contributed by atoms with van der Waals surface area (Å²) in [5.74, 6) is -3.22. The van der Waals surface area contributed by atoms with Crippen LogP contribution < -0.4 is 15.8 Å². The summed E-state index contributed by atoms with van der Waals surface area (Å²) in [6.45, 7) is 1.43. The van der Waals surface area contributed by atoms with E-state index in [2.05, 4.69) is 10.3 Å². The second-order valence-electron chi connectivity index (χ2n) is 6.25. The van der Waals surface area contributed by atoms with Gasteiger partial charge in [0.05, 0.1) is 11.1 Å². The molecule has 30 heavy (non-hydrogen) atoms. The van der Waals surface area contributed by atoms with E-state index in [1.807, 2.05) is 0 Å². The summed E-state index contributed by atoms with van der Waals surface area (Å²) >= 11 is 0. The Hall–Kier alpha value is -3.69. The molecule has 1 heterocycles. The Labute approximate surface area is 167 Å². The molecule has 0 unspecified atom stereocenters. The van der Waals surface area contributed by atoms with E-state index in [4.69, 9.17) is 10.5 Å². The first kappa shape index (κ1) is 21.0. The summed E-state index contributed by atoms with van der Waals surface area (Å²) in [4.78, 5) is 15.8. The van der Waals surface area contributed by atoms with Crippen LogP contribution in [-0.2, 0) is 6.18 Å². The van der Waals surface area contributed by atoms with Crippen LogP contribution >= 0.6 is 0 Å². The number of ether oxygens (including phenoxy) is 1. The maximum absolute atomic E-state index is 13.8. The van der Waals surface area contributed by atoms with Gasteiger partial charge in [-0.3, -0.25) is 4.79 Å². The average Bonchev–Trinajstić information content (AvgIpc) is 2.67. The first-order chi connectivity index (χ1) is 14.0. The van der Waals surface area contributed by atoms with E-state index in [0.717, 1.165) is 0 Å². The number of rotatable bonds is 4. The highest BCUT2D eigenvalue weighted by molar-refractivity contribution is 6.07. The van der Waals surface area contributed by atoms with Crippen LogP contribution in [0.25, 0.3) is 0 Å². The van der Waals surface area contributed by atoms with Gasteiger partial charge in [-0.15, -0.1) is 0 Å². The first-order valence-corrected chi connectivity index (χ1v) is 8.43. The minimum absolute atomic E-state index is 0.0275. The molecule has 10 heteroatoms. The quantitative estimate of drug-likeness (QED) is 0.440. The lowest BCUT2D eigenvalue weighted by Crippen LogP contribution is -2.16. The second-order valence-corrected chi connectivity index (χ2v) is 6.25. The number of aryl methyl sites for hydroxylation is 1. The van der Waals surface area contributed by atoms with Crippen molar-refractivity contribution < 1.29 is 31.5 Å². The number of alkyl halides is 3. The predicted octanol–water partition coefficient (Wildman–Crippen LogP) is 5.31. The Morgan fingerprint density at radius 3 is 2.37 bits per heavy atom. The second kappa shape index (κ2) is 7.97. The molecule has 2 aromatic carbocycles. The van der Waals surface area contributed by atoms with Gasteiger partial charge in [0.1, 0.15) is 11.6 Å². The van der Waals surface area contributed by atoms with Gasteiger partial charge in [-0.2, -0.15) is 17.6 Å². The molecule has 0 saturated carbocycles. The van der Waals surface area contributed by atoms with Crippen LogP contribution in [0, 0.1) is 18.7 Å². The van der Waals surface area contributed by atoms with Crippen LogP contribution in [-0.4, -0.2) is 10.9 Å². The van der Waals surface area contributed by atoms with Crippen molar-refractivity contribution in [3.8, 4) is 11.5 Å². The molecule has 0 aliphatic rings. The third-order valence-corrected chi connectivity index (χ3v) is 4.02. The summed E-state index contributed by atoms with van der Waals surface area (Å²) < 4.78 is 70.7. The molecule has 5 nitrogen and oxygen atoms in total. The zero-order valence-corrected chi connectivity index (χ0v) is 15.3. The normalized spacial score (nSPS) is 11.3. The molecule has 3 aromatic rings. The third kappa shape index (κ3) is 4.65. The molecular formula is C20H14F5N3O2. The molecule has 0 atom stereocenters. The van der Waals surface area contributed by atoms with Crippen molar-refractivity contribution in [2.24, 2.45) is 0 Å². The topological polar surface area (TPSA) is 77.2 Å². The van der Waals surface area contributed by atoms with Gasteiger partial charge < -0.3 is 15.8 Å². The lowest BCUT2D eigenvalue weighted by atomic mass is 10.1. The number of benzene rings is 2. The van der Waals surface area contributed by atoms with Crippen molar-refractivity contribution >= 4 is 17.4 Å². The van der Waals surface area contributed by atoms with Crippen LogP contribution in [0.3, 0.4) is 0 Å². The minimum atomic E-state index is -4.64. The number of hydrogen-bond acceptors (Lipinski definition) is 4. The molecule has 1 amide bonds. The van der Waals surface area contributed by atoms with E-state index in [0.29, 0.717) is 23.9 Å². The zero-order valence-electron chi connectivity index (χ0n) is 15.3. The summed E-state index contributed by atoms with van der Waals surface area (Å²) in [7, 11) is 0. The maximum Gasteiger partial charge on any atom is 0.416 e. The van der Waals surface area contributed by atoms with E-state index in [9.17, 15) is 26.7 Å². The molecule has 0 radical (unpaired) electrons. The number of nitrogen functional groups attached to an aromatic ring is 1. The zero-order chi connectivity index (χ0) is 22.1. The Bertz CT molecular complexity index is 1100. The van der Waals surface area contributed by atoms with Crippen molar-refractivity contribution in [3.63, 3.8) is 0 Å². The molecule has 0 bridgehead atoms. The Morgan fingerprint density at radius 2 is 1.73 bits per heavy atom. The number of hydrogen-bond donors (Lipinski definition) is 2. The van der Waals surface area contributed by atoms with E-state index in [-0.39, 0.29) is 22.7 Å². The van der Waals surface area contributed by atoms with Crippen LogP contribution in [0.2, 0.25) is 0 Å². The molecule has 156 valence electrons. The predicted molar refractivity (Wildman–Crippen MR) is 99.2 cm³/mol. The highest BCUT2D eigenvalue weighted by atomic mass is 19.4. The van der Waals surface area contributed by atoms with Gasteiger partial charge in [0.25, 0.3) is 5.91 Å². The summed E-state index contributed by atoms with van der Waals surface area (Å²) in [5, 5.41) is 2.52. The van der Waals surface area contributed by atoms with Gasteiger partial charge in [0.15, 0.2) is 11.6 Å². The van der Waals surface area contributed by atoms with Crippen molar-refractivity contribution in [2.75, 3.05) is 11.1 Å². The van der Waals surface area contributed by atoms with Crippen molar-refractivity contribution in [1.29, 1.82) is 0 Å². The Kier molecular flexibility index (Phi) is 5.59. The van der Waals surface area contributed by atoms with Gasteiger partial charge in [0, 0.05) is 11.3 Å². The van der Waals surface area contributed by atoms with Gasteiger partial charge >= 0.3 is 6.18 Å². The Morgan fingerprint density at radius 1 is 1.07 bits per heavy atom. The average molecular weight is 423 g/mol. The third-order valence-electron chi connectivity index (χ3n) is 4.02. The van der Waals surface area contributed by atoms with Gasteiger partial charge in [0.2, 0.25) is 5.95 Å². The standard InChI is InChI=1S/C20H14F5N3O2/c1-10-8-14(18(26)28-17(10)22)19(29)27-12-3-5-13(6-4-12)30-16-9-11(20(23,24)25)2-7-15(16)21/h2-9H,1H3,(H2,26,28)(H,27,29). The lowest BCUT2D eigenvalue weighted by Gasteiger charge is -2.12. The summed E-state index contributed by atoms with van der Waals surface area (Å²) in [5.41, 5.74) is 4.91. The van der Waals surface area contributed by atoms with E-state index in [1.54, 1.807) is 0 Å². The molecule has 0 saturated heterocycles. The molecule has 0 aliphatic carbocycles. The van der Waals surface area contributed by atoms with Crippen molar-refractivity contribution in [1.82, 2.24) is 4.98 Å². The number of nitrogens with two attached hydrogens (primary N) is 1. The molecular weight excluding hydrogens is 409 g/mol. The van der Waals surface area contributed by atoms with Crippen molar-refractivity contribution in [3.05, 3.63) is 77.0 Å². The number of pyridine rings is 1. The highest BCUT2D eigenvalue weighted by Crippen LogP contribution is 2.34. The fourth-order valence-corrected chi connectivity index (χ4v) is 2.48. The van der Waals surface area contributed by atoms with Crippen LogP contribution in [0.4, 0.5) is 33.5 Å². The molecule has 3 rings (SSSR count). The number of amides is 1. The monoisotopic (exact) mass is 423 g/mol. The number of carbonyl (C=O) groups is 1. The number of halogens is 5. The summed E-state index contributed by atoms with van der Waals surface area (Å²) in [6, 6.07) is 8.50. The SMILES string of the molecule is Cc1cc(C(=O)Nc2ccc(Oc3cc(C(F)(F)F)ccc3F)cc2)c(N)nc1F. The number of nitrogens with zero attached hydrogens (tertiary/aromatic N) is 1. The maximum atomic E-state index is 13.8. The van der Waals surface area contributed by atoms with Crippen molar-refractivity contribution in [2.45, 2.75) is 13.1 Å². The number of carbonyl (C=O) groups excluding carboxylic acids is 1. The molecule has 3 N–H and O–H groups in total. The smallest absolute Gasteiger partial charge is 0.416 e. The van der Waals surface area contributed by atoms with Crippen LogP contribution in [0.15, 0.2) is 48.5 Å². The lowest BCUT2D eigenvalue weighted by molar-refractivity contribution is -0.137. The molecule has 0 fully saturated rings. The Balaban J connectivity index is 1.75. The molecule has 1 aromatic heterocycles. The van der Waals surface area contributed by atoms with E-state index in [1.165, 1.54) is 37.3 Å². The minimum Gasteiger partial charge on any atom is -0.454 e. The van der Waals surface area contributed by atoms with Crippen LogP contribution in [0.1, 0.15) is 21.5 Å². The fraction of sp³-hybridized carbons (Fsp3) is 0.100. The molecule has 0 aliphatic heterocycles. The number of aromatic nitrogens is 1. The van der Waals surface area contributed by atoms with Gasteiger partial charge in [-0.1, -0.05) is 0 Å². The van der Waals surface area contributed by atoms with E-state index >= 15 is 0 Å². The van der Waals surface area contributed by atoms with Crippen LogP contribution in [0.5, 0.6) is 11.5 Å². The van der Waals surface area contributed by atoms with Gasteiger partial charge in [-0.25, -0.2) is 9.37 Å². The highest BCUT2D eigenvalue weighted by Gasteiger charge is 2.31. The number of nitrogens with one attached hydrogen (secondary N) is 1. The summed E-state index contributed by atoms with van der Waals surface area (Å²) in [6.07, 6.45) is -4.64. The number of anilines is 2. The van der Waals surface area contributed by atoms with E-state index < -0.39 is 35.2 Å².